The highest BCUT2D eigenvalue weighted by Crippen LogP contribution is 2.24. The fourth-order valence-electron chi connectivity index (χ4n) is 2.80. The van der Waals surface area contributed by atoms with E-state index in [9.17, 15) is 9.59 Å². The van der Waals surface area contributed by atoms with Crippen LogP contribution in [0.3, 0.4) is 0 Å². The summed E-state index contributed by atoms with van der Waals surface area (Å²) in [7, 11) is 0. The van der Waals surface area contributed by atoms with Crippen LogP contribution in [0.15, 0.2) is 54.7 Å². The summed E-state index contributed by atoms with van der Waals surface area (Å²) >= 11 is 0.895. The van der Waals surface area contributed by atoms with E-state index in [1.165, 1.54) is 6.20 Å². The van der Waals surface area contributed by atoms with Crippen LogP contribution in [0.5, 0.6) is 5.75 Å². The molecule has 3 rings (SSSR count). The second-order valence-corrected chi connectivity index (χ2v) is 8.20. The average molecular weight is 456 g/mol. The van der Waals surface area contributed by atoms with E-state index in [4.69, 9.17) is 14.6 Å². The number of benzene rings is 2. The second-order valence-electron chi connectivity index (χ2n) is 7.17. The van der Waals surface area contributed by atoms with Gasteiger partial charge in [0.1, 0.15) is 10.6 Å². The Kier molecular flexibility index (Phi) is 8.18. The van der Waals surface area contributed by atoms with E-state index in [1.54, 1.807) is 12.1 Å². The fourth-order valence-corrected chi connectivity index (χ4v) is 3.45. The first-order valence-electron chi connectivity index (χ1n) is 10.1. The summed E-state index contributed by atoms with van der Waals surface area (Å²) in [5, 5.41) is 15.1. The standard InChI is InChI=1S/C23H25N3O5S/c1-15(2)31-19-11-17(21(27)26-23-25-13-20(32-23)22(28)29)10-18(12-19)24-8-9-30-14-16-6-4-3-5-7-16/h3-7,10-13,15,24H,8-9,14H2,1-2H3,(H,28,29)(H,25,26,27). The zero-order valence-corrected chi connectivity index (χ0v) is 18.6. The molecule has 0 aliphatic heterocycles. The molecular weight excluding hydrogens is 430 g/mol. The quantitative estimate of drug-likeness (QED) is 0.365. The molecule has 0 aliphatic rings. The van der Waals surface area contributed by atoms with E-state index in [2.05, 4.69) is 15.6 Å². The van der Waals surface area contributed by atoms with Crippen LogP contribution in [0.2, 0.25) is 0 Å². The minimum absolute atomic E-state index is 0.0510. The molecule has 1 aromatic heterocycles. The van der Waals surface area contributed by atoms with Gasteiger partial charge in [0.05, 0.1) is 25.5 Å². The molecule has 9 heteroatoms. The van der Waals surface area contributed by atoms with Crippen LogP contribution in [-0.4, -0.2) is 41.2 Å². The van der Waals surface area contributed by atoms with Crippen molar-refractivity contribution in [2.45, 2.75) is 26.6 Å². The molecule has 0 atom stereocenters. The first-order chi connectivity index (χ1) is 15.4. The van der Waals surface area contributed by atoms with Gasteiger partial charge in [-0.25, -0.2) is 9.78 Å². The smallest absolute Gasteiger partial charge is 0.347 e. The highest BCUT2D eigenvalue weighted by atomic mass is 32.1. The van der Waals surface area contributed by atoms with Crippen molar-refractivity contribution >= 4 is 34.0 Å². The van der Waals surface area contributed by atoms with Crippen LogP contribution in [0.25, 0.3) is 0 Å². The number of nitrogens with one attached hydrogen (secondary N) is 2. The maximum absolute atomic E-state index is 12.7. The molecule has 0 radical (unpaired) electrons. The van der Waals surface area contributed by atoms with Gasteiger partial charge in [-0.3, -0.25) is 10.1 Å². The fraction of sp³-hybridized carbons (Fsp3) is 0.261. The topological polar surface area (TPSA) is 110 Å². The van der Waals surface area contributed by atoms with Crippen molar-refractivity contribution < 1.29 is 24.2 Å². The number of carbonyl (C=O) groups is 2. The third kappa shape index (κ3) is 7.07. The average Bonchev–Trinajstić information content (AvgIpc) is 3.22. The lowest BCUT2D eigenvalue weighted by Crippen LogP contribution is -2.15. The molecule has 3 N–H and O–H groups in total. The van der Waals surface area contributed by atoms with Gasteiger partial charge in [0.2, 0.25) is 0 Å². The summed E-state index contributed by atoms with van der Waals surface area (Å²) in [5.41, 5.74) is 2.18. The molecule has 0 saturated heterocycles. The van der Waals surface area contributed by atoms with Gasteiger partial charge >= 0.3 is 5.97 Å². The second kappa shape index (κ2) is 11.3. The van der Waals surface area contributed by atoms with Crippen molar-refractivity contribution in [1.82, 2.24) is 4.98 Å². The lowest BCUT2D eigenvalue weighted by Gasteiger charge is -2.14. The number of hydrogen-bond acceptors (Lipinski definition) is 7. The van der Waals surface area contributed by atoms with Crippen molar-refractivity contribution in [3.63, 3.8) is 0 Å². The Morgan fingerprint density at radius 3 is 2.62 bits per heavy atom. The number of aromatic carboxylic acids is 1. The van der Waals surface area contributed by atoms with Gasteiger partial charge < -0.3 is 19.9 Å². The normalized spacial score (nSPS) is 10.7. The van der Waals surface area contributed by atoms with Crippen LogP contribution in [-0.2, 0) is 11.3 Å². The Morgan fingerprint density at radius 2 is 1.94 bits per heavy atom. The monoisotopic (exact) mass is 455 g/mol. The number of anilines is 2. The van der Waals surface area contributed by atoms with Gasteiger partial charge in [-0.2, -0.15) is 0 Å². The van der Waals surface area contributed by atoms with Gasteiger partial charge in [-0.15, -0.1) is 0 Å². The number of carboxylic acids is 1. The minimum atomic E-state index is -1.09. The SMILES string of the molecule is CC(C)Oc1cc(NCCOCc2ccccc2)cc(C(=O)Nc2ncc(C(=O)O)s2)c1. The molecule has 0 bridgehead atoms. The molecule has 3 aromatic rings. The van der Waals surface area contributed by atoms with Gasteiger partial charge in [0, 0.05) is 23.9 Å². The van der Waals surface area contributed by atoms with Gasteiger partial charge in [-0.05, 0) is 31.5 Å². The van der Waals surface area contributed by atoms with E-state index in [-0.39, 0.29) is 16.1 Å². The highest BCUT2D eigenvalue weighted by molar-refractivity contribution is 7.17. The van der Waals surface area contributed by atoms with Crippen molar-refractivity contribution in [2.24, 2.45) is 0 Å². The molecule has 168 valence electrons. The van der Waals surface area contributed by atoms with E-state index in [0.717, 1.165) is 16.9 Å². The van der Waals surface area contributed by atoms with E-state index < -0.39 is 11.9 Å². The van der Waals surface area contributed by atoms with Crippen LogP contribution in [0.4, 0.5) is 10.8 Å². The Labute approximate surface area is 190 Å². The zero-order valence-electron chi connectivity index (χ0n) is 17.8. The zero-order chi connectivity index (χ0) is 22.9. The van der Waals surface area contributed by atoms with E-state index >= 15 is 0 Å². The molecular formula is C23H25N3O5S. The Morgan fingerprint density at radius 1 is 1.16 bits per heavy atom. The molecule has 8 nitrogen and oxygen atoms in total. The summed E-state index contributed by atoms with van der Waals surface area (Å²) in [6, 6.07) is 15.1. The predicted octanol–water partition coefficient (Wildman–Crippen LogP) is 4.51. The number of thiazole rings is 1. The molecule has 1 heterocycles. The van der Waals surface area contributed by atoms with Crippen LogP contribution >= 0.6 is 11.3 Å². The van der Waals surface area contributed by atoms with Gasteiger partial charge in [0.15, 0.2) is 5.13 Å². The summed E-state index contributed by atoms with van der Waals surface area (Å²) in [6.45, 7) is 5.37. The molecule has 0 spiro atoms. The van der Waals surface area contributed by atoms with Gasteiger partial charge in [-0.1, -0.05) is 41.7 Å². The number of nitrogens with zero attached hydrogens (tertiary/aromatic N) is 1. The molecule has 0 saturated carbocycles. The molecule has 2 aromatic carbocycles. The molecule has 0 aliphatic carbocycles. The summed E-state index contributed by atoms with van der Waals surface area (Å²) in [4.78, 5) is 27.7. The summed E-state index contributed by atoms with van der Waals surface area (Å²) in [6.07, 6.45) is 1.15. The third-order valence-corrected chi connectivity index (χ3v) is 5.07. The predicted molar refractivity (Wildman–Crippen MR) is 124 cm³/mol. The number of amides is 1. The third-order valence-electron chi connectivity index (χ3n) is 4.16. The number of ether oxygens (including phenoxy) is 2. The minimum Gasteiger partial charge on any atom is -0.491 e. The first kappa shape index (κ1) is 23.2. The van der Waals surface area contributed by atoms with Crippen molar-refractivity contribution in [2.75, 3.05) is 23.8 Å². The van der Waals surface area contributed by atoms with E-state index in [0.29, 0.717) is 36.8 Å². The van der Waals surface area contributed by atoms with Crippen molar-refractivity contribution in [1.29, 1.82) is 0 Å². The summed E-state index contributed by atoms with van der Waals surface area (Å²) < 4.78 is 11.5. The van der Waals surface area contributed by atoms with Crippen molar-refractivity contribution in [3.05, 3.63) is 70.7 Å². The first-order valence-corrected chi connectivity index (χ1v) is 10.9. The van der Waals surface area contributed by atoms with Crippen molar-refractivity contribution in [3.8, 4) is 5.75 Å². The number of carboxylic acid groups (broad SMARTS) is 1. The Balaban J connectivity index is 1.62. The molecule has 0 fully saturated rings. The maximum Gasteiger partial charge on any atom is 0.347 e. The molecule has 1 amide bonds. The highest BCUT2D eigenvalue weighted by Gasteiger charge is 2.14. The molecule has 32 heavy (non-hydrogen) atoms. The largest absolute Gasteiger partial charge is 0.491 e. The molecule has 0 unspecified atom stereocenters. The maximum atomic E-state index is 12.7. The van der Waals surface area contributed by atoms with Crippen LogP contribution in [0.1, 0.15) is 39.4 Å². The van der Waals surface area contributed by atoms with E-state index in [1.807, 2.05) is 50.2 Å². The number of aromatic nitrogens is 1. The number of hydrogen-bond donors (Lipinski definition) is 3. The number of carbonyl (C=O) groups excluding carboxylic acids is 1. The summed E-state index contributed by atoms with van der Waals surface area (Å²) in [5.74, 6) is -0.948. The lowest BCUT2D eigenvalue weighted by atomic mass is 10.1. The van der Waals surface area contributed by atoms with Crippen LogP contribution in [0, 0.1) is 0 Å². The Hall–Kier alpha value is -3.43. The van der Waals surface area contributed by atoms with Gasteiger partial charge in [0.25, 0.3) is 5.91 Å². The number of rotatable bonds is 11. The Bertz CT molecular complexity index is 1050. The van der Waals surface area contributed by atoms with Crippen LogP contribution < -0.4 is 15.4 Å². The lowest BCUT2D eigenvalue weighted by molar-refractivity contribution is 0.0701.